The van der Waals surface area contributed by atoms with Gasteiger partial charge in [0.05, 0.1) is 12.3 Å². The molecule has 3 aromatic rings. The zero-order valence-corrected chi connectivity index (χ0v) is 11.1. The van der Waals surface area contributed by atoms with Gasteiger partial charge in [-0.25, -0.2) is 4.98 Å². The Kier molecular flexibility index (Phi) is 3.30. The molecule has 0 bridgehead atoms. The summed E-state index contributed by atoms with van der Waals surface area (Å²) in [6.45, 7) is 0.532. The van der Waals surface area contributed by atoms with E-state index in [1.165, 1.54) is 0 Å². The number of pyridine rings is 1. The highest BCUT2D eigenvalue weighted by molar-refractivity contribution is 5.92. The van der Waals surface area contributed by atoms with E-state index in [-0.39, 0.29) is 6.61 Å². The van der Waals surface area contributed by atoms with Gasteiger partial charge in [-0.05, 0) is 24.3 Å². The second kappa shape index (κ2) is 5.26. The molecule has 3 heterocycles. The lowest BCUT2D eigenvalue weighted by atomic mass is 10.1. The fraction of sp³-hybridized carbons (Fsp3) is 0.214. The second-order valence-electron chi connectivity index (χ2n) is 4.48. The molecular weight excluding hydrogens is 254 g/mol. The molecular formula is C14H15N5O. The lowest BCUT2D eigenvalue weighted by Gasteiger charge is -2.05. The fourth-order valence-electron chi connectivity index (χ4n) is 2.14. The molecule has 6 heteroatoms. The van der Waals surface area contributed by atoms with Gasteiger partial charge in [-0.15, -0.1) is 10.2 Å². The molecule has 2 N–H and O–H groups in total. The molecule has 102 valence electrons. The number of aliphatic hydroxyl groups is 1. The molecule has 0 aliphatic carbocycles. The lowest BCUT2D eigenvalue weighted by molar-refractivity contribution is 0.311. The number of hydrogen-bond donors (Lipinski definition) is 2. The van der Waals surface area contributed by atoms with Crippen molar-refractivity contribution < 1.29 is 5.11 Å². The largest absolute Gasteiger partial charge is 0.395 e. The normalized spacial score (nSPS) is 10.9. The Hall–Kier alpha value is -2.47. The van der Waals surface area contributed by atoms with Crippen LogP contribution < -0.4 is 5.32 Å². The van der Waals surface area contributed by atoms with Crippen LogP contribution in [0.2, 0.25) is 0 Å². The second-order valence-corrected chi connectivity index (χ2v) is 4.48. The first-order valence-corrected chi connectivity index (χ1v) is 6.38. The maximum Gasteiger partial charge on any atom is 0.148 e. The monoisotopic (exact) mass is 269 g/mol. The SMILES string of the molecule is Cn1ccc2c(-c3ccc(NCCO)nn3)ccnc21. The quantitative estimate of drug-likeness (QED) is 0.749. The van der Waals surface area contributed by atoms with Crippen molar-refractivity contribution in [3.8, 4) is 11.3 Å². The third-order valence-electron chi connectivity index (χ3n) is 3.13. The standard InChI is InChI=1S/C14H15N5O/c1-19-8-5-11-10(4-6-16-14(11)19)12-2-3-13(18-17-12)15-7-9-20/h2-6,8,20H,7,9H2,1H3,(H,15,18). The van der Waals surface area contributed by atoms with Gasteiger partial charge < -0.3 is 15.0 Å². The summed E-state index contributed by atoms with van der Waals surface area (Å²) < 4.78 is 1.98. The van der Waals surface area contributed by atoms with Gasteiger partial charge in [-0.2, -0.15) is 0 Å². The number of nitrogens with one attached hydrogen (secondary N) is 1. The van der Waals surface area contributed by atoms with Crippen molar-refractivity contribution >= 4 is 16.9 Å². The maximum absolute atomic E-state index is 8.76. The number of hydrogen-bond acceptors (Lipinski definition) is 5. The highest BCUT2D eigenvalue weighted by Gasteiger charge is 2.08. The molecule has 0 atom stereocenters. The van der Waals surface area contributed by atoms with E-state index in [0.29, 0.717) is 12.4 Å². The predicted octanol–water partition coefficient (Wildman–Crippen LogP) is 1.43. The molecule has 3 rings (SSSR count). The molecule has 6 nitrogen and oxygen atoms in total. The Morgan fingerprint density at radius 2 is 2.10 bits per heavy atom. The number of aromatic nitrogens is 4. The van der Waals surface area contributed by atoms with Gasteiger partial charge in [0.25, 0.3) is 0 Å². The third-order valence-corrected chi connectivity index (χ3v) is 3.13. The van der Waals surface area contributed by atoms with E-state index in [9.17, 15) is 0 Å². The summed E-state index contributed by atoms with van der Waals surface area (Å²) >= 11 is 0. The van der Waals surface area contributed by atoms with Crippen molar-refractivity contribution in [2.75, 3.05) is 18.5 Å². The third kappa shape index (κ3) is 2.21. The minimum Gasteiger partial charge on any atom is -0.395 e. The summed E-state index contributed by atoms with van der Waals surface area (Å²) in [7, 11) is 1.96. The zero-order chi connectivity index (χ0) is 13.9. The van der Waals surface area contributed by atoms with E-state index < -0.39 is 0 Å². The number of fused-ring (bicyclic) bond motifs is 1. The first-order chi connectivity index (χ1) is 9.79. The van der Waals surface area contributed by atoms with Gasteiger partial charge in [0.15, 0.2) is 0 Å². The number of aliphatic hydroxyl groups excluding tert-OH is 1. The zero-order valence-electron chi connectivity index (χ0n) is 11.1. The van der Waals surface area contributed by atoms with Gasteiger partial charge in [-0.3, -0.25) is 0 Å². The molecule has 0 aromatic carbocycles. The van der Waals surface area contributed by atoms with Crippen LogP contribution in [0.15, 0.2) is 36.7 Å². The van der Waals surface area contributed by atoms with E-state index in [2.05, 4.69) is 20.5 Å². The highest BCUT2D eigenvalue weighted by Crippen LogP contribution is 2.26. The van der Waals surface area contributed by atoms with Gasteiger partial charge in [-0.1, -0.05) is 0 Å². The van der Waals surface area contributed by atoms with Gasteiger partial charge in [0.2, 0.25) is 0 Å². The molecule has 0 fully saturated rings. The Bertz CT molecular complexity index is 720. The number of anilines is 1. The van der Waals surface area contributed by atoms with E-state index >= 15 is 0 Å². The molecule has 0 saturated heterocycles. The summed E-state index contributed by atoms with van der Waals surface area (Å²) in [6, 6.07) is 7.73. The van der Waals surface area contributed by atoms with Crippen molar-refractivity contribution in [3.63, 3.8) is 0 Å². The molecule has 0 radical (unpaired) electrons. The first-order valence-electron chi connectivity index (χ1n) is 6.38. The maximum atomic E-state index is 8.76. The van der Waals surface area contributed by atoms with E-state index in [1.54, 1.807) is 6.20 Å². The average Bonchev–Trinajstić information content (AvgIpc) is 2.87. The van der Waals surface area contributed by atoms with Crippen LogP contribution in [0.3, 0.4) is 0 Å². The highest BCUT2D eigenvalue weighted by atomic mass is 16.3. The van der Waals surface area contributed by atoms with Crippen LogP contribution in [-0.4, -0.2) is 38.0 Å². The lowest BCUT2D eigenvalue weighted by Crippen LogP contribution is -2.07. The van der Waals surface area contributed by atoms with Crippen LogP contribution >= 0.6 is 0 Å². The van der Waals surface area contributed by atoms with E-state index in [1.807, 2.05) is 42.1 Å². The van der Waals surface area contributed by atoms with Crippen LogP contribution in [0.25, 0.3) is 22.3 Å². The fourth-order valence-corrected chi connectivity index (χ4v) is 2.14. The van der Waals surface area contributed by atoms with Crippen molar-refractivity contribution in [1.82, 2.24) is 19.7 Å². The van der Waals surface area contributed by atoms with Crippen LogP contribution in [0, 0.1) is 0 Å². The predicted molar refractivity (Wildman–Crippen MR) is 77.3 cm³/mol. The number of nitrogens with zero attached hydrogens (tertiary/aromatic N) is 4. The minimum absolute atomic E-state index is 0.0679. The topological polar surface area (TPSA) is 75.9 Å². The smallest absolute Gasteiger partial charge is 0.148 e. The molecule has 0 aliphatic heterocycles. The Morgan fingerprint density at radius 1 is 1.20 bits per heavy atom. The van der Waals surface area contributed by atoms with E-state index in [0.717, 1.165) is 22.3 Å². The van der Waals surface area contributed by atoms with Crippen LogP contribution in [-0.2, 0) is 7.05 Å². The molecule has 0 aliphatic rings. The van der Waals surface area contributed by atoms with E-state index in [4.69, 9.17) is 5.11 Å². The molecule has 0 unspecified atom stereocenters. The summed E-state index contributed by atoms with van der Waals surface area (Å²) in [6.07, 6.45) is 3.75. The van der Waals surface area contributed by atoms with Crippen molar-refractivity contribution in [1.29, 1.82) is 0 Å². The van der Waals surface area contributed by atoms with Gasteiger partial charge in [0, 0.05) is 36.9 Å². The summed E-state index contributed by atoms with van der Waals surface area (Å²) in [5, 5.41) is 21.1. The number of rotatable bonds is 4. The molecule has 3 aromatic heterocycles. The van der Waals surface area contributed by atoms with Gasteiger partial charge in [0.1, 0.15) is 11.5 Å². The molecule has 0 spiro atoms. The summed E-state index contributed by atoms with van der Waals surface area (Å²) in [5.41, 5.74) is 2.74. The van der Waals surface area contributed by atoms with Crippen molar-refractivity contribution in [2.45, 2.75) is 0 Å². The summed E-state index contributed by atoms with van der Waals surface area (Å²) in [4.78, 5) is 4.36. The molecule has 0 amide bonds. The minimum atomic E-state index is 0.0679. The van der Waals surface area contributed by atoms with Crippen LogP contribution in [0.1, 0.15) is 0 Å². The Balaban J connectivity index is 1.98. The molecule has 20 heavy (non-hydrogen) atoms. The van der Waals surface area contributed by atoms with Gasteiger partial charge >= 0.3 is 0 Å². The summed E-state index contributed by atoms with van der Waals surface area (Å²) in [5.74, 6) is 0.654. The van der Waals surface area contributed by atoms with Crippen molar-refractivity contribution in [2.24, 2.45) is 7.05 Å². The Labute approximate surface area is 116 Å². The van der Waals surface area contributed by atoms with Crippen LogP contribution in [0.4, 0.5) is 5.82 Å². The average molecular weight is 269 g/mol. The van der Waals surface area contributed by atoms with Crippen molar-refractivity contribution in [3.05, 3.63) is 36.7 Å². The Morgan fingerprint density at radius 3 is 2.85 bits per heavy atom. The first kappa shape index (κ1) is 12.6. The number of aryl methyl sites for hydroxylation is 1. The molecule has 0 saturated carbocycles. The van der Waals surface area contributed by atoms with Crippen LogP contribution in [0.5, 0.6) is 0 Å².